The van der Waals surface area contributed by atoms with Gasteiger partial charge in [0.25, 0.3) is 0 Å². The zero-order valence-corrected chi connectivity index (χ0v) is 5.22. The zero-order chi connectivity index (χ0) is 11.3. The van der Waals surface area contributed by atoms with Crippen LogP contribution in [0.4, 0.5) is 0 Å². The van der Waals surface area contributed by atoms with Crippen LogP contribution in [0.1, 0.15) is 8.22 Å². The van der Waals surface area contributed by atoms with Crippen LogP contribution in [-0.2, 0) is 0 Å². The third-order valence-electron chi connectivity index (χ3n) is 0.982. The fourth-order valence-corrected chi connectivity index (χ4v) is 1.15. The van der Waals surface area contributed by atoms with Gasteiger partial charge in [-0.05, 0) is 22.8 Å². The molecule has 1 heterocycles. The van der Waals surface area contributed by atoms with Crippen LogP contribution in [0.2, 0.25) is 0 Å². The molecule has 1 aromatic carbocycles. The standard InChI is InChI=1S/C8H6S/c1-2-4-8-7(3-1)5-6-9-8/h1-6H/i1D,2D,3D,4D,5D,6D. The minimum atomic E-state index is -0.348. The summed E-state index contributed by atoms with van der Waals surface area (Å²) in [7, 11) is 0. The minimum Gasteiger partial charge on any atom is -0.144 e. The second-order valence-corrected chi connectivity index (χ2v) is 2.35. The Balaban J connectivity index is 3.07. The Morgan fingerprint density at radius 1 is 1.22 bits per heavy atom. The first kappa shape index (κ1) is 1.83. The van der Waals surface area contributed by atoms with Crippen LogP contribution in [-0.4, -0.2) is 0 Å². The van der Waals surface area contributed by atoms with Crippen LogP contribution < -0.4 is 0 Å². The highest BCUT2D eigenvalue weighted by molar-refractivity contribution is 7.17. The first-order valence-electron chi connectivity index (χ1n) is 5.41. The summed E-state index contributed by atoms with van der Waals surface area (Å²) < 4.78 is 45.3. The lowest BCUT2D eigenvalue weighted by Crippen LogP contribution is -1.56. The van der Waals surface area contributed by atoms with Crippen molar-refractivity contribution in [2.45, 2.75) is 0 Å². The molecule has 0 N–H and O–H groups in total. The molecule has 0 bridgehead atoms. The molecule has 0 aliphatic rings. The molecular weight excluding hydrogens is 128 g/mol. The van der Waals surface area contributed by atoms with Crippen molar-refractivity contribution in [3.63, 3.8) is 0 Å². The van der Waals surface area contributed by atoms with Gasteiger partial charge in [0, 0.05) is 4.70 Å². The minimum absolute atomic E-state index is 0.0306. The van der Waals surface area contributed by atoms with E-state index in [1.807, 2.05) is 0 Å². The van der Waals surface area contributed by atoms with E-state index in [4.69, 9.17) is 8.22 Å². The molecule has 44 valence electrons. The Labute approximate surface area is 66.2 Å². The van der Waals surface area contributed by atoms with Crippen molar-refractivity contribution in [2.75, 3.05) is 0 Å². The average Bonchev–Trinajstić information content (AvgIpc) is 2.50. The summed E-state index contributed by atoms with van der Waals surface area (Å²) in [4.78, 5) is 0. The lowest BCUT2D eigenvalue weighted by atomic mass is 10.3. The van der Waals surface area contributed by atoms with Crippen LogP contribution in [0, 0.1) is 0 Å². The predicted molar refractivity (Wildman–Crippen MR) is 41.8 cm³/mol. The lowest BCUT2D eigenvalue weighted by Gasteiger charge is -1.82. The molecule has 9 heavy (non-hydrogen) atoms. The van der Waals surface area contributed by atoms with E-state index in [0.717, 1.165) is 11.3 Å². The molecule has 0 saturated heterocycles. The number of benzene rings is 1. The van der Waals surface area contributed by atoms with Gasteiger partial charge in [-0.15, -0.1) is 11.3 Å². The maximum Gasteiger partial charge on any atom is 0.0740 e. The van der Waals surface area contributed by atoms with Crippen molar-refractivity contribution >= 4 is 21.4 Å². The summed E-state index contributed by atoms with van der Waals surface area (Å²) in [6.07, 6.45) is 0. The summed E-state index contributed by atoms with van der Waals surface area (Å²) >= 11 is 0.911. The molecule has 2 rings (SSSR count). The Bertz CT molecular complexity index is 558. The van der Waals surface area contributed by atoms with Gasteiger partial charge in [0.15, 0.2) is 0 Å². The maximum absolute atomic E-state index is 7.59. The number of hydrogen-bond acceptors (Lipinski definition) is 1. The number of thiophene rings is 1. The smallest absolute Gasteiger partial charge is 0.0740 e. The molecule has 0 aliphatic carbocycles. The van der Waals surface area contributed by atoms with Crippen LogP contribution in [0.3, 0.4) is 0 Å². The number of rotatable bonds is 0. The van der Waals surface area contributed by atoms with Crippen LogP contribution in [0.25, 0.3) is 10.1 Å². The second-order valence-electron chi connectivity index (χ2n) is 1.53. The van der Waals surface area contributed by atoms with Gasteiger partial charge in [-0.3, -0.25) is 0 Å². The molecular formula is C8H6S. The van der Waals surface area contributed by atoms with E-state index < -0.39 is 0 Å². The molecule has 1 heteroatoms. The molecule has 0 aliphatic heterocycles. The topological polar surface area (TPSA) is 0 Å². The van der Waals surface area contributed by atoms with E-state index in [0.29, 0.717) is 0 Å². The van der Waals surface area contributed by atoms with Crippen molar-refractivity contribution in [3.05, 3.63) is 35.6 Å². The van der Waals surface area contributed by atoms with E-state index in [1.165, 1.54) is 0 Å². The van der Waals surface area contributed by atoms with Crippen LogP contribution in [0.15, 0.2) is 35.6 Å². The summed E-state index contributed by atoms with van der Waals surface area (Å²) in [6.45, 7) is 0. The highest BCUT2D eigenvalue weighted by Gasteiger charge is 1.87. The molecule has 0 atom stereocenters. The van der Waals surface area contributed by atoms with Crippen molar-refractivity contribution in [1.29, 1.82) is 0 Å². The monoisotopic (exact) mass is 140 g/mol. The number of fused-ring (bicyclic) bond motifs is 1. The van der Waals surface area contributed by atoms with E-state index in [2.05, 4.69) is 0 Å². The summed E-state index contributed by atoms with van der Waals surface area (Å²) in [6, 6.07) is -1.18. The lowest BCUT2D eigenvalue weighted by molar-refractivity contribution is 1.86. The molecule has 2 aromatic rings. The molecule has 0 unspecified atom stereocenters. The Hall–Kier alpha value is -0.820. The predicted octanol–water partition coefficient (Wildman–Crippen LogP) is 2.90. The van der Waals surface area contributed by atoms with Crippen molar-refractivity contribution < 1.29 is 8.22 Å². The van der Waals surface area contributed by atoms with Crippen molar-refractivity contribution in [3.8, 4) is 0 Å². The quantitative estimate of drug-likeness (QED) is 0.528. The van der Waals surface area contributed by atoms with Gasteiger partial charge in [-0.1, -0.05) is 18.1 Å². The summed E-state index contributed by atoms with van der Waals surface area (Å²) in [5.74, 6) is 0. The van der Waals surface area contributed by atoms with E-state index in [-0.39, 0.29) is 45.7 Å². The SMILES string of the molecule is [2H]c1sc2c([2H])c([2H])c([2H])c([2H])c2c1[2H]. The van der Waals surface area contributed by atoms with Gasteiger partial charge in [-0.25, -0.2) is 0 Å². The van der Waals surface area contributed by atoms with Gasteiger partial charge in [0.05, 0.1) is 8.22 Å². The van der Waals surface area contributed by atoms with Crippen molar-refractivity contribution in [1.82, 2.24) is 0 Å². The normalized spacial score (nSPS) is 19.6. The van der Waals surface area contributed by atoms with Gasteiger partial charge in [0.1, 0.15) is 0 Å². The number of hydrogen-bond donors (Lipinski definition) is 0. The maximum atomic E-state index is 7.59. The van der Waals surface area contributed by atoms with Gasteiger partial charge < -0.3 is 0 Å². The molecule has 0 saturated carbocycles. The van der Waals surface area contributed by atoms with E-state index in [1.54, 1.807) is 0 Å². The third-order valence-corrected chi connectivity index (χ3v) is 1.70. The van der Waals surface area contributed by atoms with E-state index >= 15 is 0 Å². The molecule has 0 nitrogen and oxygen atoms in total. The van der Waals surface area contributed by atoms with Gasteiger partial charge in [0.2, 0.25) is 0 Å². The second kappa shape index (κ2) is 1.85. The Kier molecular flexibility index (Phi) is 0.376. The van der Waals surface area contributed by atoms with Gasteiger partial charge in [-0.2, -0.15) is 0 Å². The molecule has 0 amide bonds. The third kappa shape index (κ3) is 0.736. The van der Waals surface area contributed by atoms with Crippen molar-refractivity contribution in [2.24, 2.45) is 0 Å². The molecule has 0 spiro atoms. The summed E-state index contributed by atoms with van der Waals surface area (Å²) in [5, 5.41) is 0.119. The van der Waals surface area contributed by atoms with Crippen LogP contribution >= 0.6 is 11.3 Å². The first-order chi connectivity index (χ1) is 6.95. The van der Waals surface area contributed by atoms with E-state index in [9.17, 15) is 0 Å². The zero-order valence-electron chi connectivity index (χ0n) is 10.4. The molecule has 0 radical (unpaired) electrons. The Morgan fingerprint density at radius 2 is 2.11 bits per heavy atom. The Morgan fingerprint density at radius 3 is 3.11 bits per heavy atom. The van der Waals surface area contributed by atoms with Crippen LogP contribution in [0.5, 0.6) is 0 Å². The highest BCUT2D eigenvalue weighted by atomic mass is 32.1. The highest BCUT2D eigenvalue weighted by Crippen LogP contribution is 2.18. The average molecular weight is 140 g/mol. The molecule has 0 fully saturated rings. The largest absolute Gasteiger partial charge is 0.144 e. The fraction of sp³-hybridized carbons (Fsp3) is 0. The summed E-state index contributed by atoms with van der Waals surface area (Å²) in [5.41, 5.74) is 0. The van der Waals surface area contributed by atoms with Gasteiger partial charge >= 0.3 is 0 Å². The molecule has 1 aromatic heterocycles. The first-order valence-corrected chi connectivity index (χ1v) is 3.22. The fourth-order valence-electron chi connectivity index (χ4n) is 0.593.